The van der Waals surface area contributed by atoms with Crippen LogP contribution in [-0.4, -0.2) is 18.5 Å². The predicted octanol–water partition coefficient (Wildman–Crippen LogP) is 6.62. The van der Waals surface area contributed by atoms with Crippen molar-refractivity contribution in [1.29, 1.82) is 0 Å². The number of anilines is 1. The highest BCUT2D eigenvalue weighted by atomic mass is 35.5. The average molecular weight is 399 g/mol. The quantitative estimate of drug-likeness (QED) is 0.416. The second-order valence-corrected chi connectivity index (χ2v) is 7.14. The van der Waals surface area contributed by atoms with E-state index in [9.17, 15) is 0 Å². The SMILES string of the molecule is CCCCN(Cc1ccco1)C(/C=C/c1cc(Cl)ccc1NC)c1ccco1. The molecule has 3 rings (SSSR count). The molecular formula is C23H27ClN2O2. The lowest BCUT2D eigenvalue weighted by Crippen LogP contribution is -2.28. The number of halogens is 1. The Morgan fingerprint density at radius 1 is 1.14 bits per heavy atom. The Morgan fingerprint density at radius 2 is 1.96 bits per heavy atom. The maximum Gasteiger partial charge on any atom is 0.124 e. The molecule has 5 heteroatoms. The number of rotatable bonds is 10. The van der Waals surface area contributed by atoms with Crippen LogP contribution in [0.5, 0.6) is 0 Å². The summed E-state index contributed by atoms with van der Waals surface area (Å²) in [6.45, 7) is 3.87. The summed E-state index contributed by atoms with van der Waals surface area (Å²) in [6, 6.07) is 13.7. The zero-order valence-electron chi connectivity index (χ0n) is 16.4. The minimum Gasteiger partial charge on any atom is -0.468 e. The minimum absolute atomic E-state index is 0.00432. The van der Waals surface area contributed by atoms with E-state index >= 15 is 0 Å². The van der Waals surface area contributed by atoms with Crippen molar-refractivity contribution in [2.75, 3.05) is 18.9 Å². The van der Waals surface area contributed by atoms with E-state index in [-0.39, 0.29) is 6.04 Å². The number of benzene rings is 1. The molecule has 0 saturated carbocycles. The van der Waals surface area contributed by atoms with Gasteiger partial charge in [0, 0.05) is 17.8 Å². The lowest BCUT2D eigenvalue weighted by molar-refractivity contribution is 0.183. The molecule has 1 unspecified atom stereocenters. The molecule has 0 saturated heterocycles. The Kier molecular flexibility index (Phi) is 7.40. The molecule has 0 aliphatic heterocycles. The van der Waals surface area contributed by atoms with Gasteiger partial charge in [-0.05, 0) is 61.0 Å². The van der Waals surface area contributed by atoms with Crippen LogP contribution in [0.1, 0.15) is 42.9 Å². The molecule has 1 N–H and O–H groups in total. The van der Waals surface area contributed by atoms with E-state index in [0.29, 0.717) is 5.02 Å². The van der Waals surface area contributed by atoms with E-state index in [2.05, 4.69) is 29.3 Å². The normalized spacial score (nSPS) is 12.7. The maximum atomic E-state index is 6.21. The molecule has 0 aliphatic rings. The van der Waals surface area contributed by atoms with Gasteiger partial charge in [-0.15, -0.1) is 0 Å². The van der Waals surface area contributed by atoms with Crippen LogP contribution in [0.15, 0.2) is 69.9 Å². The summed E-state index contributed by atoms with van der Waals surface area (Å²) in [4.78, 5) is 2.38. The Labute approximate surface area is 171 Å². The maximum absolute atomic E-state index is 6.21. The molecule has 0 fully saturated rings. The van der Waals surface area contributed by atoms with Gasteiger partial charge in [0.2, 0.25) is 0 Å². The van der Waals surface area contributed by atoms with Gasteiger partial charge in [0.25, 0.3) is 0 Å². The van der Waals surface area contributed by atoms with Crippen molar-refractivity contribution in [3.8, 4) is 0 Å². The highest BCUT2D eigenvalue weighted by molar-refractivity contribution is 6.30. The average Bonchev–Trinajstić information content (AvgIpc) is 3.40. The standard InChI is InChI=1S/C23H27ClN2O2/c1-3-4-13-26(17-20-7-5-14-27-20)22(23-8-6-15-28-23)12-9-18-16-19(24)10-11-21(18)25-2/h5-12,14-16,22,25H,3-4,13,17H2,1-2H3/b12-9+. The fourth-order valence-corrected chi connectivity index (χ4v) is 3.41. The number of hydrogen-bond donors (Lipinski definition) is 1. The zero-order valence-corrected chi connectivity index (χ0v) is 17.2. The highest BCUT2D eigenvalue weighted by Gasteiger charge is 2.21. The lowest BCUT2D eigenvalue weighted by Gasteiger charge is -2.27. The van der Waals surface area contributed by atoms with Crippen molar-refractivity contribution in [1.82, 2.24) is 4.90 Å². The topological polar surface area (TPSA) is 41.6 Å². The van der Waals surface area contributed by atoms with Crippen LogP contribution in [-0.2, 0) is 6.54 Å². The number of unbranched alkanes of at least 4 members (excludes halogenated alkanes) is 1. The molecular weight excluding hydrogens is 372 g/mol. The first kappa shape index (κ1) is 20.3. The van der Waals surface area contributed by atoms with Crippen LogP contribution < -0.4 is 5.32 Å². The van der Waals surface area contributed by atoms with Gasteiger partial charge in [-0.1, -0.05) is 37.1 Å². The third-order valence-electron chi connectivity index (χ3n) is 4.71. The molecule has 0 aliphatic carbocycles. The summed E-state index contributed by atoms with van der Waals surface area (Å²) in [6.07, 6.45) is 9.94. The van der Waals surface area contributed by atoms with Crippen LogP contribution in [0.25, 0.3) is 6.08 Å². The summed E-state index contributed by atoms with van der Waals surface area (Å²) in [7, 11) is 1.91. The number of furan rings is 2. The van der Waals surface area contributed by atoms with Gasteiger partial charge in [-0.25, -0.2) is 0 Å². The molecule has 0 bridgehead atoms. The summed E-state index contributed by atoms with van der Waals surface area (Å²) in [5.41, 5.74) is 2.07. The second-order valence-electron chi connectivity index (χ2n) is 6.70. The van der Waals surface area contributed by atoms with Crippen molar-refractivity contribution in [2.24, 2.45) is 0 Å². The number of nitrogens with zero attached hydrogens (tertiary/aromatic N) is 1. The van der Waals surface area contributed by atoms with Crippen LogP contribution in [0.4, 0.5) is 5.69 Å². The van der Waals surface area contributed by atoms with Gasteiger partial charge < -0.3 is 14.2 Å². The van der Waals surface area contributed by atoms with Gasteiger partial charge in [0.15, 0.2) is 0 Å². The van der Waals surface area contributed by atoms with E-state index < -0.39 is 0 Å². The van der Waals surface area contributed by atoms with E-state index in [1.54, 1.807) is 12.5 Å². The van der Waals surface area contributed by atoms with E-state index in [1.807, 2.05) is 49.5 Å². The van der Waals surface area contributed by atoms with Gasteiger partial charge in [0.1, 0.15) is 11.5 Å². The van der Waals surface area contributed by atoms with E-state index in [1.165, 1.54) is 0 Å². The summed E-state index contributed by atoms with van der Waals surface area (Å²) < 4.78 is 11.4. The van der Waals surface area contributed by atoms with Crippen molar-refractivity contribution in [3.05, 3.63) is 83.2 Å². The van der Waals surface area contributed by atoms with Crippen molar-refractivity contribution in [3.63, 3.8) is 0 Å². The first-order chi connectivity index (χ1) is 13.7. The van der Waals surface area contributed by atoms with Gasteiger partial charge >= 0.3 is 0 Å². The summed E-state index contributed by atoms with van der Waals surface area (Å²) >= 11 is 6.21. The largest absolute Gasteiger partial charge is 0.468 e. The molecule has 0 amide bonds. The van der Waals surface area contributed by atoms with Gasteiger partial charge in [-0.3, -0.25) is 4.90 Å². The molecule has 28 heavy (non-hydrogen) atoms. The Morgan fingerprint density at radius 3 is 2.64 bits per heavy atom. The lowest BCUT2D eigenvalue weighted by atomic mass is 10.1. The monoisotopic (exact) mass is 398 g/mol. The molecule has 3 aromatic rings. The Balaban J connectivity index is 1.92. The smallest absolute Gasteiger partial charge is 0.124 e. The van der Waals surface area contributed by atoms with Gasteiger partial charge in [0.05, 0.1) is 25.1 Å². The minimum atomic E-state index is -0.00432. The third-order valence-corrected chi connectivity index (χ3v) is 4.94. The van der Waals surface area contributed by atoms with Crippen LogP contribution in [0.3, 0.4) is 0 Å². The van der Waals surface area contributed by atoms with Crippen molar-refractivity contribution in [2.45, 2.75) is 32.4 Å². The molecule has 1 aromatic carbocycles. The molecule has 4 nitrogen and oxygen atoms in total. The summed E-state index contributed by atoms with van der Waals surface area (Å²) in [5, 5.41) is 3.93. The van der Waals surface area contributed by atoms with Gasteiger partial charge in [-0.2, -0.15) is 0 Å². The molecule has 2 heterocycles. The number of nitrogens with one attached hydrogen (secondary N) is 1. The molecule has 148 valence electrons. The van der Waals surface area contributed by atoms with Crippen molar-refractivity contribution < 1.29 is 8.83 Å². The molecule has 1 atom stereocenters. The fraction of sp³-hybridized carbons (Fsp3) is 0.304. The van der Waals surface area contributed by atoms with E-state index in [4.69, 9.17) is 20.4 Å². The highest BCUT2D eigenvalue weighted by Crippen LogP contribution is 2.28. The fourth-order valence-electron chi connectivity index (χ4n) is 3.23. The first-order valence-electron chi connectivity index (χ1n) is 9.66. The second kappa shape index (κ2) is 10.2. The Hall–Kier alpha value is -2.43. The third kappa shape index (κ3) is 5.31. The molecule has 0 spiro atoms. The van der Waals surface area contributed by atoms with E-state index in [0.717, 1.165) is 48.7 Å². The zero-order chi connectivity index (χ0) is 19.8. The number of hydrogen-bond acceptors (Lipinski definition) is 4. The first-order valence-corrected chi connectivity index (χ1v) is 10.0. The van der Waals surface area contributed by atoms with Crippen LogP contribution in [0.2, 0.25) is 5.02 Å². The summed E-state index contributed by atoms with van der Waals surface area (Å²) in [5.74, 6) is 1.85. The van der Waals surface area contributed by atoms with Crippen molar-refractivity contribution >= 4 is 23.4 Å². The molecule has 2 aromatic heterocycles. The van der Waals surface area contributed by atoms with Crippen LogP contribution >= 0.6 is 11.6 Å². The Bertz CT molecular complexity index is 857. The molecule has 0 radical (unpaired) electrons. The predicted molar refractivity (Wildman–Crippen MR) is 116 cm³/mol. The van der Waals surface area contributed by atoms with Crippen LogP contribution in [0, 0.1) is 0 Å².